The molecule has 94 valence electrons. The minimum absolute atomic E-state index is 0.273. The molecule has 0 saturated heterocycles. The summed E-state index contributed by atoms with van der Waals surface area (Å²) in [5.74, 6) is 2.66. The number of amides is 2. The molecule has 0 aromatic heterocycles. The van der Waals surface area contributed by atoms with Crippen molar-refractivity contribution in [1.82, 2.24) is 4.90 Å². The second-order valence-electron chi connectivity index (χ2n) is 4.47. The van der Waals surface area contributed by atoms with Crippen LogP contribution in [0.4, 0.5) is 14.9 Å². The molecule has 3 nitrogen and oxygen atoms in total. The van der Waals surface area contributed by atoms with Crippen LogP contribution in [-0.2, 0) is 0 Å². The number of urea groups is 1. The molecular formula is C14H15FN2O. The lowest BCUT2D eigenvalue weighted by atomic mass is 10.3. The standard InChI is InChI=1S/C14H15FN2O/c1-2-8-17(10-11-6-7-11)14(18)16-13-5-3-4-12(15)9-13/h1,3-5,9,11H,6-8,10H2,(H,16,18). The zero-order valence-electron chi connectivity index (χ0n) is 10.0. The molecule has 4 heteroatoms. The van der Waals surface area contributed by atoms with E-state index < -0.39 is 0 Å². The summed E-state index contributed by atoms with van der Waals surface area (Å²) in [6, 6.07) is 5.54. The molecule has 2 rings (SSSR count). The van der Waals surface area contributed by atoms with Gasteiger partial charge in [0, 0.05) is 12.2 Å². The molecule has 1 aliphatic carbocycles. The highest BCUT2D eigenvalue weighted by molar-refractivity contribution is 5.89. The number of hydrogen-bond donors (Lipinski definition) is 1. The van der Waals surface area contributed by atoms with E-state index in [1.165, 1.54) is 12.1 Å². The van der Waals surface area contributed by atoms with Crippen molar-refractivity contribution in [3.63, 3.8) is 0 Å². The molecule has 1 aromatic rings. The number of terminal acetylenes is 1. The molecule has 0 aliphatic heterocycles. The normalized spacial score (nSPS) is 13.8. The first-order valence-corrected chi connectivity index (χ1v) is 5.94. The van der Waals surface area contributed by atoms with Crippen LogP contribution in [-0.4, -0.2) is 24.0 Å². The largest absolute Gasteiger partial charge is 0.322 e. The van der Waals surface area contributed by atoms with Gasteiger partial charge in [-0.15, -0.1) is 6.42 Å². The highest BCUT2D eigenvalue weighted by Gasteiger charge is 2.26. The fourth-order valence-electron chi connectivity index (χ4n) is 1.71. The van der Waals surface area contributed by atoms with Gasteiger partial charge in [0.2, 0.25) is 0 Å². The molecule has 1 N–H and O–H groups in total. The van der Waals surface area contributed by atoms with E-state index in [0.29, 0.717) is 18.2 Å². The lowest BCUT2D eigenvalue weighted by Crippen LogP contribution is -2.36. The molecule has 0 bridgehead atoms. The van der Waals surface area contributed by atoms with Crippen LogP contribution in [0.25, 0.3) is 0 Å². The predicted octanol–water partition coefficient (Wildman–Crippen LogP) is 2.70. The molecule has 2 amide bonds. The van der Waals surface area contributed by atoms with Crippen molar-refractivity contribution in [3.05, 3.63) is 30.1 Å². The topological polar surface area (TPSA) is 32.3 Å². The Kier molecular flexibility index (Phi) is 3.83. The van der Waals surface area contributed by atoms with Crippen LogP contribution >= 0.6 is 0 Å². The third-order valence-corrected chi connectivity index (χ3v) is 2.82. The highest BCUT2D eigenvalue weighted by Crippen LogP contribution is 2.29. The lowest BCUT2D eigenvalue weighted by molar-refractivity contribution is 0.216. The molecule has 0 spiro atoms. The number of anilines is 1. The monoisotopic (exact) mass is 246 g/mol. The third kappa shape index (κ3) is 3.49. The van der Waals surface area contributed by atoms with Crippen molar-refractivity contribution in [2.45, 2.75) is 12.8 Å². The molecule has 0 atom stereocenters. The zero-order chi connectivity index (χ0) is 13.0. The van der Waals surface area contributed by atoms with Gasteiger partial charge < -0.3 is 10.2 Å². The number of benzene rings is 1. The average Bonchev–Trinajstić information content (AvgIpc) is 3.12. The highest BCUT2D eigenvalue weighted by atomic mass is 19.1. The van der Waals surface area contributed by atoms with Gasteiger partial charge in [-0.2, -0.15) is 0 Å². The summed E-state index contributed by atoms with van der Waals surface area (Å²) in [4.78, 5) is 13.6. The van der Waals surface area contributed by atoms with E-state index in [-0.39, 0.29) is 18.4 Å². The Balaban J connectivity index is 1.97. The Morgan fingerprint density at radius 2 is 2.33 bits per heavy atom. The van der Waals surface area contributed by atoms with Crippen molar-refractivity contribution in [1.29, 1.82) is 0 Å². The summed E-state index contributed by atoms with van der Waals surface area (Å²) in [6.07, 6.45) is 7.54. The van der Waals surface area contributed by atoms with E-state index in [1.807, 2.05) is 0 Å². The van der Waals surface area contributed by atoms with Gasteiger partial charge in [0.05, 0.1) is 6.54 Å². The van der Waals surface area contributed by atoms with Gasteiger partial charge in [0.25, 0.3) is 0 Å². The molecule has 1 saturated carbocycles. The van der Waals surface area contributed by atoms with E-state index in [4.69, 9.17) is 6.42 Å². The second kappa shape index (κ2) is 5.54. The number of nitrogens with zero attached hydrogens (tertiary/aromatic N) is 1. The maximum Gasteiger partial charge on any atom is 0.322 e. The van der Waals surface area contributed by atoms with E-state index in [1.54, 1.807) is 17.0 Å². The molecule has 0 unspecified atom stereocenters. The lowest BCUT2D eigenvalue weighted by Gasteiger charge is -2.20. The number of carbonyl (C=O) groups is 1. The Labute approximate surface area is 106 Å². The van der Waals surface area contributed by atoms with E-state index in [0.717, 1.165) is 12.8 Å². The number of nitrogens with one attached hydrogen (secondary N) is 1. The van der Waals surface area contributed by atoms with Crippen LogP contribution in [0.1, 0.15) is 12.8 Å². The molecular weight excluding hydrogens is 231 g/mol. The van der Waals surface area contributed by atoms with Crippen LogP contribution in [0.15, 0.2) is 24.3 Å². The van der Waals surface area contributed by atoms with Crippen molar-refractivity contribution >= 4 is 11.7 Å². The Hall–Kier alpha value is -2.02. The van der Waals surface area contributed by atoms with Crippen molar-refractivity contribution in [2.24, 2.45) is 5.92 Å². The summed E-state index contributed by atoms with van der Waals surface area (Å²) in [6.45, 7) is 0.947. The maximum absolute atomic E-state index is 13.0. The first kappa shape index (κ1) is 12.4. The summed E-state index contributed by atoms with van der Waals surface area (Å²) >= 11 is 0. The predicted molar refractivity (Wildman–Crippen MR) is 68.5 cm³/mol. The summed E-state index contributed by atoms with van der Waals surface area (Å²) in [5.41, 5.74) is 0.442. The smallest absolute Gasteiger partial charge is 0.313 e. The van der Waals surface area contributed by atoms with Crippen molar-refractivity contribution in [2.75, 3.05) is 18.4 Å². The number of hydrogen-bond acceptors (Lipinski definition) is 1. The van der Waals surface area contributed by atoms with Gasteiger partial charge in [0.15, 0.2) is 0 Å². The average molecular weight is 246 g/mol. The maximum atomic E-state index is 13.0. The van der Waals surface area contributed by atoms with Crippen molar-refractivity contribution < 1.29 is 9.18 Å². The Morgan fingerprint density at radius 3 is 2.94 bits per heavy atom. The molecule has 1 aromatic carbocycles. The SMILES string of the molecule is C#CCN(CC1CC1)C(=O)Nc1cccc(F)c1. The number of halogens is 1. The molecule has 0 radical (unpaired) electrons. The van der Waals surface area contributed by atoms with Gasteiger partial charge in [-0.25, -0.2) is 9.18 Å². The number of rotatable bonds is 4. The molecule has 1 fully saturated rings. The van der Waals surface area contributed by atoms with Gasteiger partial charge in [-0.3, -0.25) is 0 Å². The Morgan fingerprint density at radius 1 is 1.56 bits per heavy atom. The fraction of sp³-hybridized carbons (Fsp3) is 0.357. The van der Waals surface area contributed by atoms with Crippen LogP contribution in [0.5, 0.6) is 0 Å². The second-order valence-corrected chi connectivity index (χ2v) is 4.47. The molecule has 18 heavy (non-hydrogen) atoms. The minimum Gasteiger partial charge on any atom is -0.313 e. The minimum atomic E-state index is -0.376. The third-order valence-electron chi connectivity index (χ3n) is 2.82. The van der Waals surface area contributed by atoms with E-state index in [9.17, 15) is 9.18 Å². The van der Waals surface area contributed by atoms with Crippen molar-refractivity contribution in [3.8, 4) is 12.3 Å². The van der Waals surface area contributed by atoms with Gasteiger partial charge in [-0.05, 0) is 37.0 Å². The van der Waals surface area contributed by atoms with Crippen LogP contribution in [0.3, 0.4) is 0 Å². The van der Waals surface area contributed by atoms with Gasteiger partial charge in [-0.1, -0.05) is 12.0 Å². The van der Waals surface area contributed by atoms with Crippen LogP contribution in [0.2, 0.25) is 0 Å². The molecule has 0 heterocycles. The van der Waals surface area contributed by atoms with Crippen LogP contribution in [0, 0.1) is 24.1 Å². The summed E-state index contributed by atoms with van der Waals surface area (Å²) in [5, 5.41) is 2.65. The first-order valence-electron chi connectivity index (χ1n) is 5.94. The summed E-state index contributed by atoms with van der Waals surface area (Å²) < 4.78 is 13.0. The van der Waals surface area contributed by atoms with Crippen LogP contribution < -0.4 is 5.32 Å². The Bertz CT molecular complexity index is 477. The molecule has 1 aliphatic rings. The quantitative estimate of drug-likeness (QED) is 0.814. The van der Waals surface area contributed by atoms with E-state index in [2.05, 4.69) is 11.2 Å². The zero-order valence-corrected chi connectivity index (χ0v) is 10.0. The van der Waals surface area contributed by atoms with E-state index >= 15 is 0 Å². The summed E-state index contributed by atoms with van der Waals surface area (Å²) in [7, 11) is 0. The number of carbonyl (C=O) groups excluding carboxylic acids is 1. The fourth-order valence-corrected chi connectivity index (χ4v) is 1.71. The van der Waals surface area contributed by atoms with Gasteiger partial charge in [0.1, 0.15) is 5.82 Å². The first-order chi connectivity index (χ1) is 8.69. The van der Waals surface area contributed by atoms with Gasteiger partial charge >= 0.3 is 6.03 Å².